The van der Waals surface area contributed by atoms with Gasteiger partial charge in [0.1, 0.15) is 0 Å². The molecule has 0 aromatic rings. The van der Waals surface area contributed by atoms with E-state index in [0.717, 1.165) is 26.2 Å². The number of fused-ring (bicyclic) bond motifs is 2. The molecule has 0 unspecified atom stereocenters. The zero-order chi connectivity index (χ0) is 22.1. The average molecular weight is 487 g/mol. The summed E-state index contributed by atoms with van der Waals surface area (Å²) in [6.45, 7) is 11.7. The second kappa shape index (κ2) is 9.64. The largest absolute Gasteiger partial charge is 0.254 e. The van der Waals surface area contributed by atoms with Gasteiger partial charge in [-0.3, -0.25) is 15.3 Å². The maximum absolute atomic E-state index is 5.54. The lowest BCUT2D eigenvalue weighted by atomic mass is 10.8. The summed E-state index contributed by atoms with van der Waals surface area (Å²) in [5.41, 5.74) is 0. The van der Waals surface area contributed by atoms with Crippen molar-refractivity contribution in [2.75, 3.05) is 68.5 Å². The van der Waals surface area contributed by atoms with Crippen molar-refractivity contribution in [3.63, 3.8) is 0 Å². The highest BCUT2D eigenvalue weighted by atomic mass is 31.3. The highest BCUT2D eigenvalue weighted by Crippen LogP contribution is 2.88. The van der Waals surface area contributed by atoms with E-state index in [4.69, 9.17) is 18.1 Å². The lowest BCUT2D eigenvalue weighted by Crippen LogP contribution is -2.36. The Hall–Kier alpha value is 0.640. The number of rotatable bonds is 10. The molecule has 3 N–H and O–H groups in total. The molecule has 0 amide bonds. The molecule has 0 aromatic heterocycles. The Kier molecular flexibility index (Phi) is 8.61. The Bertz CT molecular complexity index is 804. The highest BCUT2D eigenvalue weighted by molar-refractivity contribution is 7.91. The second-order valence-electron chi connectivity index (χ2n) is 7.36. The lowest BCUT2D eigenvalue weighted by molar-refractivity contribution is 0.574. The summed E-state index contributed by atoms with van der Waals surface area (Å²) in [6, 6.07) is 0. The van der Waals surface area contributed by atoms with E-state index in [1.165, 1.54) is 0 Å². The van der Waals surface area contributed by atoms with Gasteiger partial charge in [0.2, 0.25) is 30.0 Å². The molecule has 15 heteroatoms. The molecule has 0 aliphatic carbocycles. The monoisotopic (exact) mass is 487 g/mol. The first-order chi connectivity index (χ1) is 13.5. The minimum atomic E-state index is -2.44. The van der Waals surface area contributed by atoms with Crippen LogP contribution in [0.1, 0.15) is 27.7 Å². The maximum atomic E-state index is 5.54. The first kappa shape index (κ1) is 25.9. The third-order valence-corrected chi connectivity index (χ3v) is 21.4. The van der Waals surface area contributed by atoms with Crippen molar-refractivity contribution < 1.29 is 0 Å². The Balaban J connectivity index is 3.11. The third kappa shape index (κ3) is 4.31. The van der Waals surface area contributed by atoms with E-state index < -0.39 is 30.0 Å². The molecule has 0 saturated carbocycles. The average Bonchev–Trinajstić information content (AvgIpc) is 2.61. The molecule has 2 bridgehead atoms. The first-order valence-electron chi connectivity index (χ1n) is 10.2. The molecule has 0 spiro atoms. The summed E-state index contributed by atoms with van der Waals surface area (Å²) in [7, 11) is 2.93. The SMILES string of the molecule is CCN[P@@]1(N(C)C)=N[P@]2(NCC)=N[P@](NCC)(N(C)C)=N[P@](N(C)C)(=N1)N2CC. The van der Waals surface area contributed by atoms with Crippen molar-refractivity contribution in [1.82, 2.24) is 33.7 Å². The Morgan fingerprint density at radius 3 is 1.48 bits per heavy atom. The summed E-state index contributed by atoms with van der Waals surface area (Å²) >= 11 is 0. The van der Waals surface area contributed by atoms with Gasteiger partial charge in [0.05, 0.1) is 0 Å². The fraction of sp³-hybridized carbons (Fsp3) is 1.00. The first-order valence-corrected chi connectivity index (χ1v) is 16.7. The molecule has 0 fully saturated rings. The van der Waals surface area contributed by atoms with Gasteiger partial charge >= 0.3 is 0 Å². The molecule has 2 aliphatic heterocycles. The molecular formula is C14H41N11P4. The highest BCUT2D eigenvalue weighted by Gasteiger charge is 2.53. The molecule has 11 nitrogen and oxygen atoms in total. The molecule has 0 radical (unpaired) electrons. The molecule has 2 heterocycles. The van der Waals surface area contributed by atoms with Gasteiger partial charge in [0.15, 0.2) is 0 Å². The van der Waals surface area contributed by atoms with Gasteiger partial charge in [-0.05, 0) is 42.3 Å². The minimum Gasteiger partial charge on any atom is -0.254 e. The molecular weight excluding hydrogens is 446 g/mol. The van der Waals surface area contributed by atoms with E-state index >= 15 is 0 Å². The predicted molar refractivity (Wildman–Crippen MR) is 132 cm³/mol. The fourth-order valence-corrected chi connectivity index (χ4v) is 24.0. The Morgan fingerprint density at radius 1 is 0.621 bits per heavy atom. The van der Waals surface area contributed by atoms with Crippen LogP contribution in [0.5, 0.6) is 0 Å². The fourth-order valence-electron chi connectivity index (χ4n) is 3.37. The molecule has 4 atom stereocenters. The molecule has 0 saturated heterocycles. The predicted octanol–water partition coefficient (Wildman–Crippen LogP) is 4.63. The van der Waals surface area contributed by atoms with E-state index in [1.54, 1.807) is 0 Å². The topological polar surface area (TPSA) is 98.5 Å². The van der Waals surface area contributed by atoms with Gasteiger partial charge in [-0.25, -0.2) is 14.0 Å². The van der Waals surface area contributed by atoms with Crippen LogP contribution in [0.15, 0.2) is 18.1 Å². The summed E-state index contributed by atoms with van der Waals surface area (Å²) in [6.07, 6.45) is 0. The summed E-state index contributed by atoms with van der Waals surface area (Å²) in [4.78, 5) is 0. The summed E-state index contributed by atoms with van der Waals surface area (Å²) < 4.78 is 31.0. The normalized spacial score (nSPS) is 37.3. The molecule has 0 aromatic carbocycles. The van der Waals surface area contributed by atoms with Crippen molar-refractivity contribution in [1.29, 1.82) is 0 Å². The smallest absolute Gasteiger partial charge is 0.227 e. The zero-order valence-corrected chi connectivity index (χ0v) is 23.3. The summed E-state index contributed by atoms with van der Waals surface area (Å²) in [5, 5.41) is 11.0. The van der Waals surface area contributed by atoms with Crippen LogP contribution >= 0.6 is 30.0 Å². The van der Waals surface area contributed by atoms with Gasteiger partial charge < -0.3 is 0 Å². The third-order valence-electron chi connectivity index (χ3n) is 4.67. The Morgan fingerprint density at radius 2 is 1.10 bits per heavy atom. The minimum absolute atomic E-state index is 0.795. The summed E-state index contributed by atoms with van der Waals surface area (Å²) in [5.74, 6) is 0. The van der Waals surface area contributed by atoms with Gasteiger partial charge in [-0.15, -0.1) is 0 Å². The van der Waals surface area contributed by atoms with Gasteiger partial charge in [-0.2, -0.15) is 22.5 Å². The van der Waals surface area contributed by atoms with Crippen LogP contribution in [-0.4, -0.2) is 86.9 Å². The van der Waals surface area contributed by atoms with Crippen molar-refractivity contribution in [2.24, 2.45) is 18.1 Å². The van der Waals surface area contributed by atoms with Crippen LogP contribution in [0, 0.1) is 0 Å². The number of hydrogen-bond donors (Lipinski definition) is 3. The van der Waals surface area contributed by atoms with Crippen LogP contribution < -0.4 is 15.3 Å². The maximum Gasteiger partial charge on any atom is 0.227 e. The lowest BCUT2D eigenvalue weighted by Gasteiger charge is -2.52. The number of nitrogens with zero attached hydrogens (tertiary/aromatic N) is 8. The van der Waals surface area contributed by atoms with Gasteiger partial charge in [0.25, 0.3) is 0 Å². The molecule has 29 heavy (non-hydrogen) atoms. The van der Waals surface area contributed by atoms with Crippen molar-refractivity contribution in [3.8, 4) is 0 Å². The van der Waals surface area contributed by atoms with Gasteiger partial charge in [-0.1, -0.05) is 27.7 Å². The molecule has 2 aliphatic rings. The van der Waals surface area contributed by atoms with E-state index in [2.05, 4.69) is 104 Å². The Labute approximate surface area is 178 Å². The number of hydrogen-bond acceptors (Lipinski definition) is 11. The molecule has 2 rings (SSSR count). The molecule has 172 valence electrons. The second-order valence-corrected chi connectivity index (χ2v) is 19.3. The zero-order valence-electron chi connectivity index (χ0n) is 19.7. The van der Waals surface area contributed by atoms with E-state index in [9.17, 15) is 0 Å². The van der Waals surface area contributed by atoms with Crippen LogP contribution in [0.25, 0.3) is 0 Å². The van der Waals surface area contributed by atoms with Crippen LogP contribution in [0.3, 0.4) is 0 Å². The van der Waals surface area contributed by atoms with E-state index in [1.807, 2.05) is 0 Å². The van der Waals surface area contributed by atoms with Crippen molar-refractivity contribution in [3.05, 3.63) is 0 Å². The van der Waals surface area contributed by atoms with Crippen molar-refractivity contribution in [2.45, 2.75) is 27.7 Å². The van der Waals surface area contributed by atoms with E-state index in [-0.39, 0.29) is 0 Å². The van der Waals surface area contributed by atoms with Crippen LogP contribution in [-0.2, 0) is 0 Å². The van der Waals surface area contributed by atoms with E-state index in [0.29, 0.717) is 0 Å². The number of nitrogens with one attached hydrogen (secondary N) is 3. The van der Waals surface area contributed by atoms with Crippen LogP contribution in [0.4, 0.5) is 0 Å². The van der Waals surface area contributed by atoms with Gasteiger partial charge in [0, 0.05) is 26.2 Å². The van der Waals surface area contributed by atoms with Crippen molar-refractivity contribution >= 4 is 30.0 Å². The van der Waals surface area contributed by atoms with Crippen LogP contribution in [0.2, 0.25) is 0 Å². The standard InChI is InChI=1S/C14H41N11P4/c1-11-15-26(22(5)6)18-28(17-13-3)19-27(16-12-2,23(7)8)21-29(20-26,24(9)10)25(28)14-4/h15-17H,11-14H2,1-10H3/t26-,27+,28-,29+. The quantitative estimate of drug-likeness (QED) is 0.387.